The first-order chi connectivity index (χ1) is 9.33. The smallest absolute Gasteiger partial charge is 0.244 e. The fourth-order valence-corrected chi connectivity index (χ4v) is 1.75. The van der Waals surface area contributed by atoms with E-state index in [0.717, 1.165) is 38.9 Å². The summed E-state index contributed by atoms with van der Waals surface area (Å²) in [5.41, 5.74) is 0. The van der Waals surface area contributed by atoms with Gasteiger partial charge in [-0.3, -0.25) is 4.79 Å². The molecule has 0 spiro atoms. The highest BCUT2D eigenvalue weighted by Crippen LogP contribution is 2.10. The van der Waals surface area contributed by atoms with Gasteiger partial charge in [0.25, 0.3) is 0 Å². The van der Waals surface area contributed by atoms with E-state index in [1.807, 2.05) is 12.2 Å². The number of unbranched alkanes of at least 4 members (excludes halogenated alkanes) is 1. The van der Waals surface area contributed by atoms with Crippen molar-refractivity contribution < 1.29 is 14.3 Å². The number of allylic oxidation sites excluding steroid dienone is 2. The first kappa shape index (κ1) is 15.9. The van der Waals surface area contributed by atoms with Gasteiger partial charge in [0.1, 0.15) is 0 Å². The summed E-state index contributed by atoms with van der Waals surface area (Å²) in [5.74, 6) is -0.0768. The van der Waals surface area contributed by atoms with E-state index in [1.54, 1.807) is 6.08 Å². The zero-order valence-corrected chi connectivity index (χ0v) is 11.8. The van der Waals surface area contributed by atoms with Crippen molar-refractivity contribution in [2.75, 3.05) is 26.4 Å². The molecule has 1 aliphatic heterocycles. The Kier molecular flexibility index (Phi) is 9.02. The van der Waals surface area contributed by atoms with E-state index >= 15 is 0 Å². The van der Waals surface area contributed by atoms with Crippen LogP contribution in [-0.4, -0.2) is 38.4 Å². The number of hydrogen-bond acceptors (Lipinski definition) is 3. The molecule has 1 aliphatic rings. The lowest BCUT2D eigenvalue weighted by Crippen LogP contribution is -2.30. The molecule has 19 heavy (non-hydrogen) atoms. The maximum atomic E-state index is 11.5. The molecule has 0 aromatic carbocycles. The Labute approximate surface area is 115 Å². The number of amides is 1. The molecule has 1 unspecified atom stereocenters. The Morgan fingerprint density at radius 1 is 1.47 bits per heavy atom. The van der Waals surface area contributed by atoms with Gasteiger partial charge in [0.15, 0.2) is 0 Å². The fourth-order valence-electron chi connectivity index (χ4n) is 1.75. The van der Waals surface area contributed by atoms with Crippen molar-refractivity contribution in [2.45, 2.75) is 38.7 Å². The second-order valence-electron chi connectivity index (χ2n) is 4.60. The lowest BCUT2D eigenvalue weighted by Gasteiger charge is -2.08. The lowest BCUT2D eigenvalue weighted by molar-refractivity contribution is -0.117. The number of nitrogens with one attached hydrogen (secondary N) is 1. The molecule has 0 aliphatic carbocycles. The van der Waals surface area contributed by atoms with Gasteiger partial charge < -0.3 is 14.8 Å². The van der Waals surface area contributed by atoms with E-state index in [1.165, 1.54) is 6.08 Å². The zero-order chi connectivity index (χ0) is 13.8. The van der Waals surface area contributed by atoms with Crippen LogP contribution < -0.4 is 5.32 Å². The minimum atomic E-state index is -0.0768. The van der Waals surface area contributed by atoms with Gasteiger partial charge >= 0.3 is 0 Å². The molecule has 0 bridgehead atoms. The summed E-state index contributed by atoms with van der Waals surface area (Å²) in [6.45, 7) is 4.95. The highest BCUT2D eigenvalue weighted by atomic mass is 16.5. The third-order valence-corrected chi connectivity index (χ3v) is 2.88. The Hall–Kier alpha value is -1.13. The Bertz CT molecular complexity index is 294. The van der Waals surface area contributed by atoms with Gasteiger partial charge in [-0.05, 0) is 19.3 Å². The molecule has 1 atom stereocenters. The van der Waals surface area contributed by atoms with E-state index in [4.69, 9.17) is 9.47 Å². The summed E-state index contributed by atoms with van der Waals surface area (Å²) in [4.78, 5) is 11.5. The number of carbonyl (C=O) groups excluding carboxylic acids is 1. The van der Waals surface area contributed by atoms with Crippen LogP contribution in [0.15, 0.2) is 24.3 Å². The van der Waals surface area contributed by atoms with Gasteiger partial charge in [-0.25, -0.2) is 0 Å². The maximum absolute atomic E-state index is 11.5. The van der Waals surface area contributed by atoms with Gasteiger partial charge in [-0.2, -0.15) is 0 Å². The first-order valence-electron chi connectivity index (χ1n) is 7.13. The van der Waals surface area contributed by atoms with Gasteiger partial charge in [0.05, 0.1) is 12.7 Å². The monoisotopic (exact) mass is 267 g/mol. The second-order valence-corrected chi connectivity index (χ2v) is 4.60. The van der Waals surface area contributed by atoms with E-state index in [2.05, 4.69) is 12.2 Å². The SMILES string of the molecule is CCCCOC/C=C/C=C/C(=O)NCC1CCCO1. The third kappa shape index (κ3) is 8.56. The predicted molar refractivity (Wildman–Crippen MR) is 76.0 cm³/mol. The molecule has 0 aromatic heterocycles. The molecule has 0 aromatic rings. The van der Waals surface area contributed by atoms with Crippen LogP contribution in [0.25, 0.3) is 0 Å². The normalized spacial score (nSPS) is 19.5. The molecule has 1 rings (SSSR count). The molecule has 4 heteroatoms. The summed E-state index contributed by atoms with van der Waals surface area (Å²) in [6, 6.07) is 0. The Morgan fingerprint density at radius 3 is 3.11 bits per heavy atom. The molecule has 1 saturated heterocycles. The van der Waals surface area contributed by atoms with E-state index < -0.39 is 0 Å². The Morgan fingerprint density at radius 2 is 2.37 bits per heavy atom. The number of hydrogen-bond donors (Lipinski definition) is 1. The van der Waals surface area contributed by atoms with Gasteiger partial charge in [-0.1, -0.05) is 31.6 Å². The summed E-state index contributed by atoms with van der Waals surface area (Å²) in [6.07, 6.45) is 11.6. The molecule has 108 valence electrons. The van der Waals surface area contributed by atoms with Crippen molar-refractivity contribution in [2.24, 2.45) is 0 Å². The number of carbonyl (C=O) groups is 1. The van der Waals surface area contributed by atoms with Crippen molar-refractivity contribution in [1.29, 1.82) is 0 Å². The van der Waals surface area contributed by atoms with Crippen LogP contribution in [0.2, 0.25) is 0 Å². The zero-order valence-electron chi connectivity index (χ0n) is 11.8. The number of ether oxygens (including phenoxy) is 2. The van der Waals surface area contributed by atoms with E-state index in [-0.39, 0.29) is 12.0 Å². The quantitative estimate of drug-likeness (QED) is 0.396. The van der Waals surface area contributed by atoms with Crippen LogP contribution >= 0.6 is 0 Å². The topological polar surface area (TPSA) is 47.6 Å². The summed E-state index contributed by atoms with van der Waals surface area (Å²) >= 11 is 0. The highest BCUT2D eigenvalue weighted by molar-refractivity contribution is 5.87. The van der Waals surface area contributed by atoms with Crippen LogP contribution in [0.5, 0.6) is 0 Å². The molecule has 1 amide bonds. The molecule has 0 saturated carbocycles. The van der Waals surface area contributed by atoms with Crippen molar-refractivity contribution in [3.8, 4) is 0 Å². The lowest BCUT2D eigenvalue weighted by atomic mass is 10.2. The molecule has 4 nitrogen and oxygen atoms in total. The van der Waals surface area contributed by atoms with Crippen LogP contribution in [0.1, 0.15) is 32.6 Å². The van der Waals surface area contributed by atoms with Crippen molar-refractivity contribution in [1.82, 2.24) is 5.32 Å². The minimum absolute atomic E-state index is 0.0768. The molecule has 0 radical (unpaired) electrons. The van der Waals surface area contributed by atoms with E-state index in [9.17, 15) is 4.79 Å². The predicted octanol–water partition coefficient (Wildman–Crippen LogP) is 2.21. The average molecular weight is 267 g/mol. The molecule has 1 fully saturated rings. The van der Waals surface area contributed by atoms with Crippen LogP contribution in [0.4, 0.5) is 0 Å². The Balaban J connectivity index is 2.00. The first-order valence-corrected chi connectivity index (χ1v) is 7.13. The molecule has 1 heterocycles. The fraction of sp³-hybridized carbons (Fsp3) is 0.667. The highest BCUT2D eigenvalue weighted by Gasteiger charge is 2.15. The third-order valence-electron chi connectivity index (χ3n) is 2.88. The second kappa shape index (κ2) is 10.8. The van der Waals surface area contributed by atoms with Crippen LogP contribution in [0, 0.1) is 0 Å². The van der Waals surface area contributed by atoms with Gasteiger partial charge in [-0.15, -0.1) is 0 Å². The number of rotatable bonds is 9. The van der Waals surface area contributed by atoms with Crippen molar-refractivity contribution in [3.05, 3.63) is 24.3 Å². The van der Waals surface area contributed by atoms with E-state index in [0.29, 0.717) is 13.2 Å². The van der Waals surface area contributed by atoms with Gasteiger partial charge in [0.2, 0.25) is 5.91 Å². The summed E-state index contributed by atoms with van der Waals surface area (Å²) in [7, 11) is 0. The maximum Gasteiger partial charge on any atom is 0.244 e. The molecule has 1 N–H and O–H groups in total. The van der Waals surface area contributed by atoms with Crippen molar-refractivity contribution in [3.63, 3.8) is 0 Å². The van der Waals surface area contributed by atoms with Crippen molar-refractivity contribution >= 4 is 5.91 Å². The van der Waals surface area contributed by atoms with Crippen LogP contribution in [0.3, 0.4) is 0 Å². The van der Waals surface area contributed by atoms with Gasteiger partial charge in [0, 0.05) is 25.8 Å². The summed E-state index contributed by atoms with van der Waals surface area (Å²) < 4.78 is 10.8. The summed E-state index contributed by atoms with van der Waals surface area (Å²) in [5, 5.41) is 2.83. The standard InChI is InChI=1S/C15H25NO3/c1-2-3-10-18-11-6-4-5-9-15(17)16-13-14-8-7-12-19-14/h4-6,9,14H,2-3,7-8,10-13H2,1H3,(H,16,17)/b6-4+,9-5+. The molecular weight excluding hydrogens is 242 g/mol. The molecular formula is C15H25NO3. The largest absolute Gasteiger partial charge is 0.377 e. The van der Waals surface area contributed by atoms with Crippen LogP contribution in [-0.2, 0) is 14.3 Å². The minimum Gasteiger partial charge on any atom is -0.377 e. The average Bonchev–Trinajstić information content (AvgIpc) is 2.93.